The highest BCUT2D eigenvalue weighted by atomic mass is 16.4. The minimum Gasteiger partial charge on any atom is -0.456 e. The van der Waals surface area contributed by atoms with Crippen LogP contribution in [0.5, 0.6) is 0 Å². The fourth-order valence-electron chi connectivity index (χ4n) is 7.44. The Labute approximate surface area is 309 Å². The molecule has 11 rings (SSSR count). The topological polar surface area (TPSA) is 77.8 Å². The van der Waals surface area contributed by atoms with Crippen LogP contribution in [0.25, 0.3) is 111 Å². The molecule has 3 heterocycles. The average molecular weight is 693 g/mol. The molecule has 11 aromatic rings. The van der Waals surface area contributed by atoms with Gasteiger partial charge in [0, 0.05) is 27.6 Å². The van der Waals surface area contributed by atoms with Crippen LogP contribution in [0, 0.1) is 0 Å². The van der Waals surface area contributed by atoms with E-state index >= 15 is 0 Å². The first-order chi connectivity index (χ1) is 26.7. The number of rotatable bonds is 5. The van der Waals surface area contributed by atoms with Gasteiger partial charge >= 0.3 is 0 Å². The number of aromatic nitrogens is 4. The van der Waals surface area contributed by atoms with Gasteiger partial charge in [0.05, 0.1) is 5.39 Å². The van der Waals surface area contributed by atoms with Crippen molar-refractivity contribution in [3.63, 3.8) is 0 Å². The lowest BCUT2D eigenvalue weighted by Crippen LogP contribution is -2.00. The number of hydrogen-bond acceptors (Lipinski definition) is 6. The van der Waals surface area contributed by atoms with E-state index in [9.17, 15) is 0 Å². The van der Waals surface area contributed by atoms with Gasteiger partial charge in [-0.25, -0.2) is 19.9 Å². The molecule has 6 heteroatoms. The molecule has 0 amide bonds. The van der Waals surface area contributed by atoms with Crippen molar-refractivity contribution in [1.82, 2.24) is 19.9 Å². The van der Waals surface area contributed by atoms with Crippen molar-refractivity contribution in [3.8, 4) is 56.7 Å². The summed E-state index contributed by atoms with van der Waals surface area (Å²) in [6, 6.07) is 57.8. The SMILES string of the molecule is c1ccc(-c2nc(-c3ccc(-c4ccc5ccccc5c4)cc3)nc(-c3ccc4ccc5oc6ccc7oc(-c8ccccc8)nc7c6c5c4c3)n2)cc1. The zero-order chi connectivity index (χ0) is 35.6. The number of nitrogens with zero attached hydrogens (tertiary/aromatic N) is 4. The predicted octanol–water partition coefficient (Wildman–Crippen LogP) is 12.6. The third-order valence-electron chi connectivity index (χ3n) is 10.1. The zero-order valence-corrected chi connectivity index (χ0v) is 28.8. The average Bonchev–Trinajstić information content (AvgIpc) is 3.86. The summed E-state index contributed by atoms with van der Waals surface area (Å²) < 4.78 is 12.7. The molecule has 54 heavy (non-hydrogen) atoms. The van der Waals surface area contributed by atoms with Crippen LogP contribution in [0.3, 0.4) is 0 Å². The second kappa shape index (κ2) is 12.1. The van der Waals surface area contributed by atoms with Gasteiger partial charge in [-0.05, 0) is 75.1 Å². The number of furan rings is 1. The second-order valence-corrected chi connectivity index (χ2v) is 13.5. The third-order valence-corrected chi connectivity index (χ3v) is 10.1. The minimum atomic E-state index is 0.574. The maximum Gasteiger partial charge on any atom is 0.227 e. The van der Waals surface area contributed by atoms with E-state index < -0.39 is 0 Å². The second-order valence-electron chi connectivity index (χ2n) is 13.5. The monoisotopic (exact) mass is 692 g/mol. The maximum absolute atomic E-state index is 6.42. The van der Waals surface area contributed by atoms with Gasteiger partial charge in [-0.15, -0.1) is 0 Å². The molecule has 0 saturated heterocycles. The van der Waals surface area contributed by atoms with Gasteiger partial charge in [0.1, 0.15) is 16.7 Å². The molecule has 0 unspecified atom stereocenters. The van der Waals surface area contributed by atoms with Crippen molar-refractivity contribution < 1.29 is 8.83 Å². The molecule has 0 atom stereocenters. The van der Waals surface area contributed by atoms with Crippen LogP contribution in [-0.2, 0) is 0 Å². The van der Waals surface area contributed by atoms with Gasteiger partial charge in [-0.1, -0.05) is 127 Å². The Hall–Kier alpha value is -7.44. The van der Waals surface area contributed by atoms with Crippen molar-refractivity contribution >= 4 is 54.6 Å². The Bertz CT molecular complexity index is 3200. The standard InChI is InChI=1S/C48H28N4O2/c1-3-10-32(11-4-1)45-50-46(33-19-15-30(16-20-33)36-21-17-29-9-7-8-14-35(29)27-36)52-47(51-45)37-22-18-31-23-24-39-42(38(31)28-37)43-40(53-39)25-26-41-44(43)49-48(54-41)34-12-5-2-6-13-34/h1-28H. The van der Waals surface area contributed by atoms with E-state index in [-0.39, 0.29) is 0 Å². The van der Waals surface area contributed by atoms with E-state index in [1.807, 2.05) is 78.9 Å². The Morgan fingerprint density at radius 2 is 0.852 bits per heavy atom. The van der Waals surface area contributed by atoms with Crippen molar-refractivity contribution in [2.24, 2.45) is 0 Å². The fourth-order valence-corrected chi connectivity index (χ4v) is 7.44. The summed E-state index contributed by atoms with van der Waals surface area (Å²) in [6.07, 6.45) is 0. The largest absolute Gasteiger partial charge is 0.456 e. The van der Waals surface area contributed by atoms with Crippen LogP contribution >= 0.6 is 0 Å². The summed E-state index contributed by atoms with van der Waals surface area (Å²) in [4.78, 5) is 20.1. The van der Waals surface area contributed by atoms with Gasteiger partial charge in [-0.2, -0.15) is 0 Å². The molecule has 0 fully saturated rings. The lowest BCUT2D eigenvalue weighted by atomic mass is 10.00. The molecule has 0 aliphatic rings. The summed E-state index contributed by atoms with van der Waals surface area (Å²) in [5, 5.41) is 6.42. The Kier molecular flexibility index (Phi) is 6.75. The molecular formula is C48H28N4O2. The number of hydrogen-bond donors (Lipinski definition) is 0. The smallest absolute Gasteiger partial charge is 0.227 e. The Morgan fingerprint density at radius 1 is 0.315 bits per heavy atom. The van der Waals surface area contributed by atoms with Gasteiger partial charge < -0.3 is 8.83 Å². The first kappa shape index (κ1) is 30.2. The van der Waals surface area contributed by atoms with Crippen molar-refractivity contribution in [1.29, 1.82) is 0 Å². The van der Waals surface area contributed by atoms with Crippen LogP contribution in [0.15, 0.2) is 179 Å². The summed E-state index contributed by atoms with van der Waals surface area (Å²) in [6.45, 7) is 0. The maximum atomic E-state index is 6.42. The first-order valence-electron chi connectivity index (χ1n) is 17.9. The normalized spacial score (nSPS) is 11.7. The summed E-state index contributed by atoms with van der Waals surface area (Å²) >= 11 is 0. The van der Waals surface area contributed by atoms with Crippen LogP contribution in [0.2, 0.25) is 0 Å². The van der Waals surface area contributed by atoms with E-state index in [0.717, 1.165) is 71.6 Å². The predicted molar refractivity (Wildman–Crippen MR) is 217 cm³/mol. The molecular weight excluding hydrogens is 665 g/mol. The highest BCUT2D eigenvalue weighted by Gasteiger charge is 2.20. The van der Waals surface area contributed by atoms with Crippen LogP contribution in [-0.4, -0.2) is 19.9 Å². The highest BCUT2D eigenvalue weighted by Crippen LogP contribution is 2.41. The number of fused-ring (bicyclic) bond motifs is 8. The van der Waals surface area contributed by atoms with Gasteiger partial charge in [0.25, 0.3) is 0 Å². The quantitative estimate of drug-likeness (QED) is 0.179. The first-order valence-corrected chi connectivity index (χ1v) is 17.9. The van der Waals surface area contributed by atoms with Gasteiger partial charge in [0.15, 0.2) is 23.1 Å². The van der Waals surface area contributed by atoms with Crippen molar-refractivity contribution in [2.75, 3.05) is 0 Å². The van der Waals surface area contributed by atoms with E-state index in [4.69, 9.17) is 28.8 Å². The lowest BCUT2D eigenvalue weighted by Gasteiger charge is -2.10. The van der Waals surface area contributed by atoms with Crippen molar-refractivity contribution in [2.45, 2.75) is 0 Å². The van der Waals surface area contributed by atoms with Crippen LogP contribution < -0.4 is 0 Å². The van der Waals surface area contributed by atoms with E-state index in [1.54, 1.807) is 0 Å². The molecule has 252 valence electrons. The van der Waals surface area contributed by atoms with Gasteiger partial charge in [0.2, 0.25) is 5.89 Å². The lowest BCUT2D eigenvalue weighted by molar-refractivity contribution is 0.619. The highest BCUT2D eigenvalue weighted by molar-refractivity contribution is 6.25. The summed E-state index contributed by atoms with van der Waals surface area (Å²) in [5.74, 6) is 2.37. The Balaban J connectivity index is 1.06. The molecule has 0 saturated carbocycles. The van der Waals surface area contributed by atoms with E-state index in [1.165, 1.54) is 10.8 Å². The zero-order valence-electron chi connectivity index (χ0n) is 28.8. The summed E-state index contributed by atoms with van der Waals surface area (Å²) in [5.41, 5.74) is 8.92. The molecule has 0 spiro atoms. The van der Waals surface area contributed by atoms with Crippen molar-refractivity contribution in [3.05, 3.63) is 170 Å². The van der Waals surface area contributed by atoms with Crippen LogP contribution in [0.1, 0.15) is 0 Å². The van der Waals surface area contributed by atoms with E-state index in [2.05, 4.69) is 91.0 Å². The number of benzene rings is 8. The molecule has 6 nitrogen and oxygen atoms in total. The summed E-state index contributed by atoms with van der Waals surface area (Å²) in [7, 11) is 0. The molecule has 3 aromatic heterocycles. The molecule has 0 N–H and O–H groups in total. The molecule has 0 bridgehead atoms. The fraction of sp³-hybridized carbons (Fsp3) is 0. The van der Waals surface area contributed by atoms with Gasteiger partial charge in [-0.3, -0.25) is 0 Å². The molecule has 0 radical (unpaired) electrons. The number of oxazole rings is 1. The molecule has 0 aliphatic carbocycles. The Morgan fingerprint density at radius 3 is 1.63 bits per heavy atom. The van der Waals surface area contributed by atoms with Crippen LogP contribution in [0.4, 0.5) is 0 Å². The molecule has 8 aromatic carbocycles. The van der Waals surface area contributed by atoms with E-state index in [0.29, 0.717) is 28.9 Å². The molecule has 0 aliphatic heterocycles. The third kappa shape index (κ3) is 5.04. The minimum absolute atomic E-state index is 0.574.